The van der Waals surface area contributed by atoms with E-state index in [1.165, 1.54) is 12.1 Å². The van der Waals surface area contributed by atoms with E-state index in [1.807, 2.05) is 6.92 Å². The first-order valence-electron chi connectivity index (χ1n) is 10.8. The van der Waals surface area contributed by atoms with Crippen LogP contribution in [-0.2, 0) is 6.42 Å². The van der Waals surface area contributed by atoms with Gasteiger partial charge in [0.1, 0.15) is 17.5 Å². The molecule has 0 heterocycles. The van der Waals surface area contributed by atoms with Crippen LogP contribution in [0.3, 0.4) is 0 Å². The Morgan fingerprint density at radius 2 is 1.24 bits per heavy atom. The van der Waals surface area contributed by atoms with Gasteiger partial charge in [0.2, 0.25) is 0 Å². The van der Waals surface area contributed by atoms with Gasteiger partial charge in [-0.15, -0.1) is 0 Å². The first kappa shape index (κ1) is 24.9. The van der Waals surface area contributed by atoms with Gasteiger partial charge in [-0.05, 0) is 54.8 Å². The molecular formula is C28H21F5O. The fourth-order valence-electron chi connectivity index (χ4n) is 3.12. The van der Waals surface area contributed by atoms with E-state index in [2.05, 4.69) is 23.7 Å². The number of benzene rings is 3. The van der Waals surface area contributed by atoms with E-state index in [4.69, 9.17) is 4.74 Å². The molecular weight excluding hydrogens is 447 g/mol. The lowest BCUT2D eigenvalue weighted by Gasteiger charge is -2.07. The molecule has 0 aliphatic heterocycles. The third-order valence-electron chi connectivity index (χ3n) is 4.74. The number of ether oxygens (including phenoxy) is 1. The van der Waals surface area contributed by atoms with Crippen molar-refractivity contribution in [1.82, 2.24) is 0 Å². The molecule has 0 fully saturated rings. The van der Waals surface area contributed by atoms with Crippen molar-refractivity contribution >= 4 is 0 Å². The van der Waals surface area contributed by atoms with Crippen molar-refractivity contribution in [3.8, 4) is 29.4 Å². The third-order valence-corrected chi connectivity index (χ3v) is 4.74. The van der Waals surface area contributed by atoms with Crippen LogP contribution < -0.4 is 4.74 Å². The highest BCUT2D eigenvalue weighted by Crippen LogP contribution is 2.23. The quantitative estimate of drug-likeness (QED) is 0.292. The van der Waals surface area contributed by atoms with E-state index in [1.54, 1.807) is 13.0 Å². The zero-order valence-corrected chi connectivity index (χ0v) is 18.7. The molecule has 0 radical (unpaired) electrons. The van der Waals surface area contributed by atoms with Crippen molar-refractivity contribution in [2.24, 2.45) is 0 Å². The molecule has 6 heteroatoms. The molecule has 0 bridgehead atoms. The summed E-state index contributed by atoms with van der Waals surface area (Å²) in [6.45, 7) is 3.92. The Kier molecular flexibility index (Phi) is 8.33. The zero-order chi connectivity index (χ0) is 24.7. The van der Waals surface area contributed by atoms with E-state index in [0.717, 1.165) is 42.7 Å². The Hall–Kier alpha value is -3.77. The highest BCUT2D eigenvalue weighted by atomic mass is 19.1. The molecule has 0 saturated carbocycles. The molecule has 0 atom stereocenters. The highest BCUT2D eigenvalue weighted by Gasteiger charge is 2.13. The summed E-state index contributed by atoms with van der Waals surface area (Å²) in [6.07, 6.45) is 2.18. The van der Waals surface area contributed by atoms with Gasteiger partial charge in [0, 0.05) is 11.1 Å². The van der Waals surface area contributed by atoms with Crippen LogP contribution in [0.25, 0.3) is 0 Å². The summed E-state index contributed by atoms with van der Waals surface area (Å²) in [5.74, 6) is 4.78. The molecule has 0 N–H and O–H groups in total. The molecule has 0 aliphatic carbocycles. The molecule has 174 valence electrons. The summed E-state index contributed by atoms with van der Waals surface area (Å²) in [5, 5.41) is 0. The Morgan fingerprint density at radius 3 is 1.79 bits per heavy atom. The lowest BCUT2D eigenvalue weighted by Crippen LogP contribution is -2.01. The Labute approximate surface area is 195 Å². The van der Waals surface area contributed by atoms with Gasteiger partial charge in [-0.1, -0.05) is 50.0 Å². The van der Waals surface area contributed by atoms with Gasteiger partial charge < -0.3 is 4.74 Å². The van der Waals surface area contributed by atoms with Crippen molar-refractivity contribution in [2.45, 2.75) is 33.1 Å². The molecule has 3 rings (SSSR count). The molecule has 34 heavy (non-hydrogen) atoms. The summed E-state index contributed by atoms with van der Waals surface area (Å²) >= 11 is 0. The van der Waals surface area contributed by atoms with Crippen molar-refractivity contribution in [3.05, 3.63) is 99.4 Å². The van der Waals surface area contributed by atoms with Gasteiger partial charge >= 0.3 is 0 Å². The number of hydrogen-bond acceptors (Lipinski definition) is 1. The van der Waals surface area contributed by atoms with Gasteiger partial charge in [-0.3, -0.25) is 0 Å². The summed E-state index contributed by atoms with van der Waals surface area (Å²) in [4.78, 5) is 0. The van der Waals surface area contributed by atoms with Crippen molar-refractivity contribution in [1.29, 1.82) is 0 Å². The maximum Gasteiger partial charge on any atom is 0.190 e. The minimum atomic E-state index is -1.00. The van der Waals surface area contributed by atoms with Crippen LogP contribution in [0.5, 0.6) is 5.75 Å². The molecule has 3 aromatic carbocycles. The number of halogens is 5. The Balaban J connectivity index is 1.85. The molecule has 0 amide bonds. The monoisotopic (exact) mass is 468 g/mol. The van der Waals surface area contributed by atoms with Crippen molar-refractivity contribution < 1.29 is 26.7 Å². The van der Waals surface area contributed by atoms with Gasteiger partial charge in [-0.25, -0.2) is 22.0 Å². The maximum absolute atomic E-state index is 14.5. The minimum absolute atomic E-state index is 0.00732. The predicted octanol–water partition coefficient (Wildman–Crippen LogP) is 6.92. The van der Waals surface area contributed by atoms with Crippen LogP contribution in [0.1, 0.15) is 54.5 Å². The summed E-state index contributed by atoms with van der Waals surface area (Å²) in [5.41, 5.74) is 0.261. The third kappa shape index (κ3) is 6.17. The largest absolute Gasteiger partial charge is 0.488 e. The zero-order valence-electron chi connectivity index (χ0n) is 18.7. The Morgan fingerprint density at radius 1 is 0.647 bits per heavy atom. The van der Waals surface area contributed by atoms with Gasteiger partial charge in [-0.2, -0.15) is 0 Å². The second-order valence-corrected chi connectivity index (χ2v) is 7.50. The molecule has 0 aromatic heterocycles. The minimum Gasteiger partial charge on any atom is -0.488 e. The number of rotatable bonds is 5. The van der Waals surface area contributed by atoms with Crippen LogP contribution >= 0.6 is 0 Å². The second-order valence-electron chi connectivity index (χ2n) is 7.50. The first-order chi connectivity index (χ1) is 16.3. The van der Waals surface area contributed by atoms with Gasteiger partial charge in [0.15, 0.2) is 17.4 Å². The number of aryl methyl sites for hydroxylation is 1. The average Bonchev–Trinajstić information content (AvgIpc) is 2.78. The normalized spacial score (nSPS) is 10.2. The van der Waals surface area contributed by atoms with Crippen LogP contribution in [0.2, 0.25) is 0 Å². The average molecular weight is 468 g/mol. The number of hydrogen-bond donors (Lipinski definition) is 0. The van der Waals surface area contributed by atoms with Gasteiger partial charge in [0.05, 0.1) is 17.7 Å². The van der Waals surface area contributed by atoms with Crippen molar-refractivity contribution in [2.75, 3.05) is 6.61 Å². The first-order valence-corrected chi connectivity index (χ1v) is 10.8. The molecule has 0 spiro atoms. The van der Waals surface area contributed by atoms with Crippen LogP contribution in [0.4, 0.5) is 22.0 Å². The highest BCUT2D eigenvalue weighted by molar-refractivity contribution is 5.50. The van der Waals surface area contributed by atoms with E-state index in [-0.39, 0.29) is 23.3 Å². The Bertz CT molecular complexity index is 1280. The second kappa shape index (κ2) is 11.4. The van der Waals surface area contributed by atoms with E-state index >= 15 is 0 Å². The molecule has 0 unspecified atom stereocenters. The van der Waals surface area contributed by atoms with E-state index in [9.17, 15) is 22.0 Å². The van der Waals surface area contributed by atoms with E-state index in [0.29, 0.717) is 6.42 Å². The summed E-state index contributed by atoms with van der Waals surface area (Å²) in [6, 6.07) is 8.45. The van der Waals surface area contributed by atoms with E-state index < -0.39 is 40.4 Å². The maximum atomic E-state index is 14.5. The molecule has 0 saturated heterocycles. The SMILES string of the molecule is CCCOc1c(F)cc(C#Cc2c(F)cc(C#Cc3ccc(CCC)cc3F)cc2F)cc1F. The predicted molar refractivity (Wildman–Crippen MR) is 121 cm³/mol. The van der Waals surface area contributed by atoms with Crippen molar-refractivity contribution in [3.63, 3.8) is 0 Å². The molecule has 1 nitrogen and oxygen atoms in total. The molecule has 0 aliphatic rings. The molecule has 3 aromatic rings. The fraction of sp³-hybridized carbons (Fsp3) is 0.214. The topological polar surface area (TPSA) is 9.23 Å². The van der Waals surface area contributed by atoms with Crippen LogP contribution in [-0.4, -0.2) is 6.61 Å². The summed E-state index contributed by atoms with van der Waals surface area (Å²) < 4.78 is 76.2. The lowest BCUT2D eigenvalue weighted by atomic mass is 10.1. The van der Waals surface area contributed by atoms with Gasteiger partial charge in [0.25, 0.3) is 0 Å². The smallest absolute Gasteiger partial charge is 0.190 e. The fourth-order valence-corrected chi connectivity index (χ4v) is 3.12. The van der Waals surface area contributed by atoms with Crippen LogP contribution in [0.15, 0.2) is 42.5 Å². The van der Waals surface area contributed by atoms with Crippen LogP contribution in [0, 0.1) is 52.8 Å². The standard InChI is InChI=1S/C28H21F5O/c1-3-5-18-6-9-21(23(29)13-18)10-7-19-14-24(30)22(25(31)15-19)11-8-20-16-26(32)28(27(33)17-20)34-12-4-2/h6,9,13-17H,3-5,12H2,1-2H3. The summed E-state index contributed by atoms with van der Waals surface area (Å²) in [7, 11) is 0. The lowest BCUT2D eigenvalue weighted by molar-refractivity contribution is 0.285.